The third-order valence-corrected chi connectivity index (χ3v) is 6.12. The first kappa shape index (κ1) is 21.3. The topological polar surface area (TPSA) is 75.7 Å². The predicted octanol–water partition coefficient (Wildman–Crippen LogP) is 3.35. The van der Waals surface area contributed by atoms with Crippen LogP contribution in [-0.2, 0) is 9.84 Å². The van der Waals surface area contributed by atoms with Gasteiger partial charge in [-0.25, -0.2) is 8.42 Å². The van der Waals surface area contributed by atoms with E-state index in [1.165, 1.54) is 24.3 Å². The van der Waals surface area contributed by atoms with Gasteiger partial charge >= 0.3 is 6.61 Å². The highest BCUT2D eigenvalue weighted by atomic mass is 35.5. The van der Waals surface area contributed by atoms with Crippen LogP contribution < -0.4 is 15.0 Å². The molecule has 1 aliphatic rings. The Kier molecular flexibility index (Phi) is 6.28. The summed E-state index contributed by atoms with van der Waals surface area (Å²) in [4.78, 5) is 14.3. The normalized spacial score (nSPS) is 16.9. The lowest BCUT2D eigenvalue weighted by Crippen LogP contribution is -2.37. The molecule has 0 aromatic heterocycles. The number of carbonyl (C=O) groups excluding carboxylic acids is 1. The van der Waals surface area contributed by atoms with Crippen LogP contribution in [0, 0.1) is 0 Å². The average molecular weight is 445 g/mol. The molecule has 1 fully saturated rings. The van der Waals surface area contributed by atoms with Crippen molar-refractivity contribution in [2.75, 3.05) is 24.2 Å². The van der Waals surface area contributed by atoms with Crippen LogP contribution in [0.25, 0.3) is 0 Å². The van der Waals surface area contributed by atoms with E-state index < -0.39 is 22.4 Å². The Balaban J connectivity index is 1.70. The van der Waals surface area contributed by atoms with Crippen LogP contribution in [0.3, 0.4) is 0 Å². The number of hydrogen-bond donors (Lipinski definition) is 1. The molecule has 1 heterocycles. The first-order valence-electron chi connectivity index (χ1n) is 8.74. The first-order valence-corrected chi connectivity index (χ1v) is 11.0. The maximum absolute atomic E-state index is 12.6. The molecule has 6 nitrogen and oxygen atoms in total. The third kappa shape index (κ3) is 5.16. The zero-order valence-corrected chi connectivity index (χ0v) is 17.0. The van der Waals surface area contributed by atoms with E-state index in [1.54, 1.807) is 18.2 Å². The van der Waals surface area contributed by atoms with Gasteiger partial charge in [-0.2, -0.15) is 8.78 Å². The Morgan fingerprint density at radius 1 is 1.28 bits per heavy atom. The Hall–Kier alpha value is -2.39. The minimum absolute atomic E-state index is 0.0479. The lowest BCUT2D eigenvalue weighted by molar-refractivity contribution is -0.0495. The molecule has 1 amide bonds. The number of nitrogens with one attached hydrogen (secondary N) is 1. The number of ether oxygens (including phenoxy) is 1. The highest BCUT2D eigenvalue weighted by Crippen LogP contribution is 2.32. The Morgan fingerprint density at radius 3 is 2.69 bits per heavy atom. The molecule has 1 aliphatic heterocycles. The molecule has 0 aliphatic carbocycles. The van der Waals surface area contributed by atoms with Crippen LogP contribution in [0.15, 0.2) is 47.4 Å². The Morgan fingerprint density at radius 2 is 2.00 bits per heavy atom. The number of rotatable bonds is 6. The number of anilines is 1. The number of alkyl halides is 2. The van der Waals surface area contributed by atoms with Crippen molar-refractivity contribution in [1.82, 2.24) is 5.32 Å². The SMILES string of the molecule is CS(=O)(=O)c1cc(C(=O)NC2CCN(c3ccccc3OC(F)F)C2)ccc1Cl. The summed E-state index contributed by atoms with van der Waals surface area (Å²) in [6.07, 6.45) is 1.62. The van der Waals surface area contributed by atoms with Crippen molar-refractivity contribution < 1.29 is 26.7 Å². The van der Waals surface area contributed by atoms with Crippen molar-refractivity contribution >= 4 is 33.0 Å². The molecule has 1 saturated heterocycles. The molecule has 0 radical (unpaired) electrons. The molecule has 2 aromatic rings. The summed E-state index contributed by atoms with van der Waals surface area (Å²) in [5.41, 5.74) is 0.699. The second-order valence-corrected chi connectivity index (χ2v) is 9.06. The van der Waals surface area contributed by atoms with Crippen molar-refractivity contribution in [3.05, 3.63) is 53.1 Å². The highest BCUT2D eigenvalue weighted by molar-refractivity contribution is 7.90. The fourth-order valence-corrected chi connectivity index (χ4v) is 4.51. The number of hydrogen-bond acceptors (Lipinski definition) is 5. The smallest absolute Gasteiger partial charge is 0.387 e. The zero-order chi connectivity index (χ0) is 21.2. The molecule has 10 heteroatoms. The standard InChI is InChI=1S/C19H19ClF2N2O4S/c1-29(26,27)17-10-12(6-7-14(17)20)18(25)23-13-8-9-24(11-13)15-4-2-3-5-16(15)28-19(21)22/h2-7,10,13,19H,8-9,11H2,1H3,(H,23,25). The van der Waals surface area contributed by atoms with E-state index in [1.807, 2.05) is 4.90 Å². The number of carbonyl (C=O) groups is 1. The van der Waals surface area contributed by atoms with E-state index in [0.29, 0.717) is 25.2 Å². The van der Waals surface area contributed by atoms with Gasteiger partial charge in [0.1, 0.15) is 5.75 Å². The van der Waals surface area contributed by atoms with Crippen LogP contribution in [0.5, 0.6) is 5.75 Å². The number of amides is 1. The molecule has 2 aromatic carbocycles. The van der Waals surface area contributed by atoms with Crippen molar-refractivity contribution in [2.24, 2.45) is 0 Å². The molecule has 0 spiro atoms. The lowest BCUT2D eigenvalue weighted by Gasteiger charge is -2.22. The van der Waals surface area contributed by atoms with Gasteiger partial charge in [0.05, 0.1) is 15.6 Å². The van der Waals surface area contributed by atoms with Gasteiger partial charge in [-0.15, -0.1) is 0 Å². The molecule has 1 atom stereocenters. The number of para-hydroxylation sites is 2. The molecular formula is C19H19ClF2N2O4S. The Labute approximate surface area is 172 Å². The number of halogens is 3. The molecular weight excluding hydrogens is 426 g/mol. The summed E-state index contributed by atoms with van der Waals surface area (Å²) in [6.45, 7) is -1.98. The average Bonchev–Trinajstić information content (AvgIpc) is 3.09. The van der Waals surface area contributed by atoms with Crippen LogP contribution in [0.4, 0.5) is 14.5 Å². The molecule has 0 saturated carbocycles. The second kappa shape index (κ2) is 8.54. The predicted molar refractivity (Wildman–Crippen MR) is 106 cm³/mol. The largest absolute Gasteiger partial charge is 0.433 e. The Bertz CT molecular complexity index is 1020. The van der Waals surface area contributed by atoms with Crippen LogP contribution in [0.1, 0.15) is 16.8 Å². The van der Waals surface area contributed by atoms with Crippen LogP contribution in [-0.4, -0.2) is 46.3 Å². The van der Waals surface area contributed by atoms with Crippen molar-refractivity contribution in [2.45, 2.75) is 24.0 Å². The molecule has 0 bridgehead atoms. The van der Waals surface area contributed by atoms with Crippen molar-refractivity contribution in [3.63, 3.8) is 0 Å². The van der Waals surface area contributed by atoms with Gasteiger partial charge in [-0.3, -0.25) is 4.79 Å². The summed E-state index contributed by atoms with van der Waals surface area (Å²) in [5.74, 6) is -0.361. The summed E-state index contributed by atoms with van der Waals surface area (Å²) >= 11 is 5.91. The van der Waals surface area contributed by atoms with E-state index >= 15 is 0 Å². The van der Waals surface area contributed by atoms with Gasteiger partial charge in [0.2, 0.25) is 0 Å². The van der Waals surface area contributed by atoms with Gasteiger partial charge in [0.15, 0.2) is 9.84 Å². The molecule has 1 N–H and O–H groups in total. The molecule has 29 heavy (non-hydrogen) atoms. The van der Waals surface area contributed by atoms with Crippen LogP contribution >= 0.6 is 11.6 Å². The molecule has 1 unspecified atom stereocenters. The summed E-state index contributed by atoms with van der Waals surface area (Å²) in [6, 6.07) is 10.3. The summed E-state index contributed by atoms with van der Waals surface area (Å²) < 4.78 is 53.4. The van der Waals surface area contributed by atoms with Crippen molar-refractivity contribution in [3.8, 4) is 5.75 Å². The summed E-state index contributed by atoms with van der Waals surface area (Å²) in [5, 5.41) is 2.89. The fraction of sp³-hybridized carbons (Fsp3) is 0.316. The quantitative estimate of drug-likeness (QED) is 0.739. The highest BCUT2D eigenvalue weighted by Gasteiger charge is 2.27. The second-order valence-electron chi connectivity index (χ2n) is 6.67. The molecule has 156 valence electrons. The maximum atomic E-state index is 12.6. The van der Waals surface area contributed by atoms with Crippen LogP contribution in [0.2, 0.25) is 5.02 Å². The monoisotopic (exact) mass is 444 g/mol. The van der Waals surface area contributed by atoms with E-state index in [-0.39, 0.29) is 27.3 Å². The van der Waals surface area contributed by atoms with E-state index in [2.05, 4.69) is 10.1 Å². The minimum atomic E-state index is -3.57. The fourth-order valence-electron chi connectivity index (χ4n) is 3.21. The number of benzene rings is 2. The van der Waals surface area contributed by atoms with E-state index in [4.69, 9.17) is 11.6 Å². The maximum Gasteiger partial charge on any atom is 0.387 e. The number of nitrogens with zero attached hydrogens (tertiary/aromatic N) is 1. The number of sulfone groups is 1. The lowest BCUT2D eigenvalue weighted by atomic mass is 10.2. The van der Waals surface area contributed by atoms with E-state index in [9.17, 15) is 22.0 Å². The summed E-state index contributed by atoms with van der Waals surface area (Å²) in [7, 11) is -3.57. The first-order chi connectivity index (χ1) is 13.6. The van der Waals surface area contributed by atoms with E-state index in [0.717, 1.165) is 6.26 Å². The van der Waals surface area contributed by atoms with Gasteiger partial charge < -0.3 is 15.0 Å². The van der Waals surface area contributed by atoms with Gasteiger partial charge in [0.25, 0.3) is 5.91 Å². The van der Waals surface area contributed by atoms with Gasteiger partial charge in [-0.05, 0) is 36.8 Å². The zero-order valence-electron chi connectivity index (χ0n) is 15.4. The molecule has 3 rings (SSSR count). The minimum Gasteiger partial charge on any atom is -0.433 e. The van der Waals surface area contributed by atoms with Gasteiger partial charge in [-0.1, -0.05) is 23.7 Å². The van der Waals surface area contributed by atoms with Crippen molar-refractivity contribution in [1.29, 1.82) is 0 Å². The van der Waals surface area contributed by atoms with Gasteiger partial charge in [0, 0.05) is 31.0 Å². The third-order valence-electron chi connectivity index (χ3n) is 4.54.